The summed E-state index contributed by atoms with van der Waals surface area (Å²) in [6.45, 7) is 0.999. The van der Waals surface area contributed by atoms with Crippen LogP contribution in [0.2, 0.25) is 0 Å². The van der Waals surface area contributed by atoms with Crippen LogP contribution in [0.15, 0.2) is 64.5 Å². The number of hydrogen-bond acceptors (Lipinski definition) is 7. The molecule has 1 N–H and O–H groups in total. The smallest absolute Gasteiger partial charge is 0.271 e. The largest absolute Gasteiger partial charge is 0.486 e. The second-order valence-electron chi connectivity index (χ2n) is 7.14. The van der Waals surface area contributed by atoms with Crippen molar-refractivity contribution in [3.8, 4) is 21.9 Å². The molecule has 0 radical (unpaired) electrons. The maximum absolute atomic E-state index is 12.9. The molecule has 9 heteroatoms. The van der Waals surface area contributed by atoms with E-state index >= 15 is 0 Å². The zero-order chi connectivity index (χ0) is 22.1. The maximum atomic E-state index is 12.9. The van der Waals surface area contributed by atoms with Gasteiger partial charge in [-0.1, -0.05) is 42.1 Å². The van der Waals surface area contributed by atoms with Gasteiger partial charge in [0.15, 0.2) is 16.7 Å². The van der Waals surface area contributed by atoms with Gasteiger partial charge in [0.05, 0.1) is 11.3 Å². The second kappa shape index (κ2) is 8.68. The number of ether oxygens (including phenoxy) is 2. The van der Waals surface area contributed by atoms with Crippen molar-refractivity contribution >= 4 is 44.9 Å². The summed E-state index contributed by atoms with van der Waals surface area (Å²) in [5.74, 6) is 1.21. The van der Waals surface area contributed by atoms with E-state index in [4.69, 9.17) is 9.47 Å². The highest BCUT2D eigenvalue weighted by atomic mass is 32.2. The number of thiophene rings is 1. The molecule has 7 nitrogen and oxygen atoms in total. The predicted molar refractivity (Wildman–Crippen MR) is 127 cm³/mol. The minimum Gasteiger partial charge on any atom is -0.486 e. The molecule has 0 saturated carbocycles. The zero-order valence-electron chi connectivity index (χ0n) is 17.2. The Morgan fingerprint density at radius 1 is 1.12 bits per heavy atom. The van der Waals surface area contributed by atoms with E-state index in [9.17, 15) is 9.59 Å². The molecular weight excluding hydrogens is 446 g/mol. The molecule has 3 heterocycles. The minimum atomic E-state index is -0.198. The van der Waals surface area contributed by atoms with Gasteiger partial charge in [-0.2, -0.15) is 0 Å². The standard InChI is InChI=1S/C23H19N3O4S2/c1-26-22(28)21-16(12-19(32-21)14-5-3-2-4-6-14)25-23(26)31-13-20(27)24-15-7-8-17-18(11-15)30-10-9-29-17/h2-8,11-12H,9-10,13H2,1H3,(H,24,27). The van der Waals surface area contributed by atoms with E-state index in [0.717, 1.165) is 10.4 Å². The van der Waals surface area contributed by atoms with Gasteiger partial charge in [-0.3, -0.25) is 14.2 Å². The number of aromatic nitrogens is 2. The predicted octanol–water partition coefficient (Wildman–Crippen LogP) is 4.16. The molecule has 0 fully saturated rings. The molecule has 0 aliphatic carbocycles. The van der Waals surface area contributed by atoms with Gasteiger partial charge in [0.25, 0.3) is 5.56 Å². The van der Waals surface area contributed by atoms with E-state index in [-0.39, 0.29) is 17.2 Å². The first-order valence-corrected chi connectivity index (χ1v) is 11.8. The third-order valence-corrected chi connectivity index (χ3v) is 7.12. The van der Waals surface area contributed by atoms with Gasteiger partial charge in [0.1, 0.15) is 17.9 Å². The quantitative estimate of drug-likeness (QED) is 0.352. The van der Waals surface area contributed by atoms with Gasteiger partial charge >= 0.3 is 0 Å². The molecular formula is C23H19N3O4S2. The van der Waals surface area contributed by atoms with E-state index in [1.807, 2.05) is 36.4 Å². The van der Waals surface area contributed by atoms with E-state index in [1.165, 1.54) is 27.7 Å². The topological polar surface area (TPSA) is 82.5 Å². The van der Waals surface area contributed by atoms with Gasteiger partial charge in [-0.15, -0.1) is 11.3 Å². The average molecular weight is 466 g/mol. The molecule has 2 aromatic carbocycles. The lowest BCUT2D eigenvalue weighted by atomic mass is 10.2. The Bertz CT molecular complexity index is 1370. The van der Waals surface area contributed by atoms with Crippen molar-refractivity contribution < 1.29 is 14.3 Å². The normalized spacial score (nSPS) is 12.7. The number of anilines is 1. The van der Waals surface area contributed by atoms with Crippen molar-refractivity contribution in [2.45, 2.75) is 5.16 Å². The van der Waals surface area contributed by atoms with Crippen LogP contribution in [0.5, 0.6) is 11.5 Å². The molecule has 162 valence electrons. The summed E-state index contributed by atoms with van der Waals surface area (Å²) >= 11 is 2.66. The van der Waals surface area contributed by atoms with Crippen molar-refractivity contribution in [2.75, 3.05) is 24.3 Å². The van der Waals surface area contributed by atoms with Gasteiger partial charge in [-0.25, -0.2) is 4.98 Å². The summed E-state index contributed by atoms with van der Waals surface area (Å²) in [6.07, 6.45) is 0. The van der Waals surface area contributed by atoms with Gasteiger partial charge in [0, 0.05) is 23.7 Å². The summed E-state index contributed by atoms with van der Waals surface area (Å²) in [7, 11) is 1.68. The van der Waals surface area contributed by atoms with Crippen molar-refractivity contribution in [1.29, 1.82) is 0 Å². The van der Waals surface area contributed by atoms with E-state index in [2.05, 4.69) is 10.3 Å². The summed E-state index contributed by atoms with van der Waals surface area (Å²) in [6, 6.07) is 17.1. The molecule has 0 atom stereocenters. The summed E-state index contributed by atoms with van der Waals surface area (Å²) < 4.78 is 13.2. The first-order chi connectivity index (χ1) is 15.6. The number of thioether (sulfide) groups is 1. The van der Waals surface area contributed by atoms with Crippen LogP contribution < -0.4 is 20.3 Å². The van der Waals surface area contributed by atoms with Crippen LogP contribution in [0.3, 0.4) is 0 Å². The Kier molecular flexibility index (Phi) is 5.59. The van der Waals surface area contributed by atoms with Crippen LogP contribution in [-0.4, -0.2) is 34.4 Å². The highest BCUT2D eigenvalue weighted by Gasteiger charge is 2.16. The van der Waals surface area contributed by atoms with E-state index < -0.39 is 0 Å². The third-order valence-electron chi connectivity index (χ3n) is 4.93. The lowest BCUT2D eigenvalue weighted by Gasteiger charge is -2.19. The Balaban J connectivity index is 1.32. The fourth-order valence-electron chi connectivity index (χ4n) is 3.36. The lowest BCUT2D eigenvalue weighted by Crippen LogP contribution is -2.20. The SMILES string of the molecule is Cn1c(SCC(=O)Nc2ccc3c(c2)OCCO3)nc2cc(-c3ccccc3)sc2c1=O. The Hall–Kier alpha value is -3.30. The van der Waals surface area contributed by atoms with Crippen LogP contribution >= 0.6 is 23.1 Å². The zero-order valence-corrected chi connectivity index (χ0v) is 18.8. The maximum Gasteiger partial charge on any atom is 0.271 e. The van der Waals surface area contributed by atoms with E-state index in [1.54, 1.807) is 25.2 Å². The third kappa shape index (κ3) is 4.09. The number of nitrogens with zero attached hydrogens (tertiary/aromatic N) is 2. The number of rotatable bonds is 5. The number of fused-ring (bicyclic) bond motifs is 2. The van der Waals surface area contributed by atoms with Crippen molar-refractivity contribution in [3.63, 3.8) is 0 Å². The fourth-order valence-corrected chi connectivity index (χ4v) is 5.21. The summed E-state index contributed by atoms with van der Waals surface area (Å²) in [5.41, 5.74) is 2.21. The molecule has 1 aliphatic rings. The Morgan fingerprint density at radius 2 is 1.91 bits per heavy atom. The Morgan fingerprint density at radius 3 is 2.72 bits per heavy atom. The molecule has 5 rings (SSSR count). The highest BCUT2D eigenvalue weighted by Crippen LogP contribution is 2.33. The summed E-state index contributed by atoms with van der Waals surface area (Å²) in [5, 5.41) is 3.35. The van der Waals surface area contributed by atoms with Crippen LogP contribution in [0.4, 0.5) is 5.69 Å². The lowest BCUT2D eigenvalue weighted by molar-refractivity contribution is -0.113. The van der Waals surface area contributed by atoms with Gasteiger partial charge in [-0.05, 0) is 23.8 Å². The van der Waals surface area contributed by atoms with Crippen molar-refractivity contribution in [1.82, 2.24) is 9.55 Å². The van der Waals surface area contributed by atoms with E-state index in [0.29, 0.717) is 45.8 Å². The number of hydrogen-bond donors (Lipinski definition) is 1. The highest BCUT2D eigenvalue weighted by molar-refractivity contribution is 7.99. The molecule has 0 bridgehead atoms. The van der Waals surface area contributed by atoms with Crippen molar-refractivity contribution in [2.24, 2.45) is 7.05 Å². The number of carbonyl (C=O) groups is 1. The number of nitrogens with one attached hydrogen (secondary N) is 1. The number of amides is 1. The molecule has 0 saturated heterocycles. The first-order valence-electron chi connectivity index (χ1n) is 9.97. The fraction of sp³-hybridized carbons (Fsp3) is 0.174. The first kappa shape index (κ1) is 20.6. The van der Waals surface area contributed by atoms with Crippen molar-refractivity contribution in [3.05, 3.63) is 65.0 Å². The monoisotopic (exact) mass is 465 g/mol. The van der Waals surface area contributed by atoms with Gasteiger partial charge < -0.3 is 14.8 Å². The van der Waals surface area contributed by atoms with Crippen LogP contribution in [-0.2, 0) is 11.8 Å². The number of carbonyl (C=O) groups excluding carboxylic acids is 1. The van der Waals surface area contributed by atoms with Crippen LogP contribution in [0.1, 0.15) is 0 Å². The molecule has 0 spiro atoms. The molecule has 4 aromatic rings. The number of benzene rings is 2. The molecule has 2 aromatic heterocycles. The average Bonchev–Trinajstić information content (AvgIpc) is 3.25. The van der Waals surface area contributed by atoms with Gasteiger partial charge in [0.2, 0.25) is 5.91 Å². The molecule has 1 aliphatic heterocycles. The summed E-state index contributed by atoms with van der Waals surface area (Å²) in [4.78, 5) is 31.0. The minimum absolute atomic E-state index is 0.114. The molecule has 1 amide bonds. The molecule has 32 heavy (non-hydrogen) atoms. The van der Waals surface area contributed by atoms with Crippen LogP contribution in [0.25, 0.3) is 20.7 Å². The second-order valence-corrected chi connectivity index (χ2v) is 9.14. The Labute approximate surface area is 192 Å². The molecule has 0 unspecified atom stereocenters. The van der Waals surface area contributed by atoms with Crippen LogP contribution in [0, 0.1) is 0 Å².